The number of likely N-dealkylation sites (tertiary alicyclic amines) is 1. The fourth-order valence-corrected chi connectivity index (χ4v) is 3.31. The Morgan fingerprint density at radius 1 is 1.28 bits per heavy atom. The molecule has 0 bridgehead atoms. The summed E-state index contributed by atoms with van der Waals surface area (Å²) in [6, 6.07) is 5.07. The number of hydrogen-bond acceptors (Lipinski definition) is 5. The second kappa shape index (κ2) is 6.62. The van der Waals surface area contributed by atoms with Crippen molar-refractivity contribution < 1.29 is 14.7 Å². The van der Waals surface area contributed by atoms with Gasteiger partial charge >= 0.3 is 5.97 Å². The number of nitrogens with zero attached hydrogens (tertiary/aromatic N) is 4. The Labute approximate surface area is 144 Å². The van der Waals surface area contributed by atoms with Gasteiger partial charge in [0.2, 0.25) is 5.91 Å². The van der Waals surface area contributed by atoms with Gasteiger partial charge in [0.15, 0.2) is 0 Å². The molecule has 1 aliphatic rings. The van der Waals surface area contributed by atoms with E-state index in [1.165, 1.54) is 4.90 Å². The van der Waals surface area contributed by atoms with Gasteiger partial charge in [-0.3, -0.25) is 9.59 Å². The van der Waals surface area contributed by atoms with Crippen molar-refractivity contribution in [2.24, 2.45) is 5.92 Å². The monoisotopic (exact) mass is 344 g/mol. The lowest BCUT2D eigenvalue weighted by Crippen LogP contribution is -2.47. The summed E-state index contributed by atoms with van der Waals surface area (Å²) in [6.45, 7) is 3.98. The standard InChI is InChI=1S/C17H20N4O4/c1-10(2)14(16(23)20-9-5-8-13(20)17(24)25)21-15(22)11-6-3-4-7-12(11)18-19-21/h3-4,6-7,10,13-14H,5,8-9H2,1-2H3,(H,24,25)/t13-,14+/m1/s1. The van der Waals surface area contributed by atoms with Gasteiger partial charge in [-0.2, -0.15) is 4.68 Å². The van der Waals surface area contributed by atoms with Crippen molar-refractivity contribution >= 4 is 22.8 Å². The van der Waals surface area contributed by atoms with Crippen LogP contribution in [0.5, 0.6) is 0 Å². The molecule has 1 saturated heterocycles. The van der Waals surface area contributed by atoms with E-state index >= 15 is 0 Å². The molecule has 2 aromatic rings. The van der Waals surface area contributed by atoms with Gasteiger partial charge < -0.3 is 10.0 Å². The number of hydrogen-bond donors (Lipinski definition) is 1. The third kappa shape index (κ3) is 2.99. The molecule has 0 radical (unpaired) electrons. The molecule has 25 heavy (non-hydrogen) atoms. The molecule has 1 aromatic heterocycles. The topological polar surface area (TPSA) is 105 Å². The van der Waals surface area contributed by atoms with E-state index in [-0.39, 0.29) is 5.92 Å². The normalized spacial score (nSPS) is 18.7. The molecule has 1 aliphatic heterocycles. The van der Waals surface area contributed by atoms with Crippen molar-refractivity contribution in [3.63, 3.8) is 0 Å². The van der Waals surface area contributed by atoms with E-state index in [0.717, 1.165) is 4.68 Å². The summed E-state index contributed by atoms with van der Waals surface area (Å²) in [7, 11) is 0. The van der Waals surface area contributed by atoms with Gasteiger partial charge in [-0.15, -0.1) is 5.10 Å². The van der Waals surface area contributed by atoms with Crippen LogP contribution in [0.25, 0.3) is 10.9 Å². The smallest absolute Gasteiger partial charge is 0.326 e. The Bertz CT molecular complexity index is 876. The molecule has 0 saturated carbocycles. The molecule has 2 heterocycles. The van der Waals surface area contributed by atoms with Crippen molar-refractivity contribution in [2.75, 3.05) is 6.54 Å². The van der Waals surface area contributed by atoms with Gasteiger partial charge in [0.25, 0.3) is 5.56 Å². The Kier molecular flexibility index (Phi) is 4.52. The largest absolute Gasteiger partial charge is 0.480 e. The van der Waals surface area contributed by atoms with Crippen molar-refractivity contribution in [2.45, 2.75) is 38.8 Å². The highest BCUT2D eigenvalue weighted by Gasteiger charge is 2.39. The number of carbonyl (C=O) groups excluding carboxylic acids is 1. The van der Waals surface area contributed by atoms with Gasteiger partial charge in [-0.1, -0.05) is 31.2 Å². The zero-order valence-corrected chi connectivity index (χ0v) is 14.1. The first-order valence-corrected chi connectivity index (χ1v) is 8.29. The molecule has 0 aliphatic carbocycles. The molecule has 3 rings (SSSR count). The molecule has 132 valence electrons. The third-order valence-electron chi connectivity index (χ3n) is 4.56. The van der Waals surface area contributed by atoms with Crippen LogP contribution in [-0.4, -0.2) is 49.5 Å². The summed E-state index contributed by atoms with van der Waals surface area (Å²) < 4.78 is 1.09. The minimum absolute atomic E-state index is 0.240. The summed E-state index contributed by atoms with van der Waals surface area (Å²) >= 11 is 0. The van der Waals surface area contributed by atoms with Crippen LogP contribution >= 0.6 is 0 Å². The van der Waals surface area contributed by atoms with Crippen LogP contribution in [-0.2, 0) is 9.59 Å². The van der Waals surface area contributed by atoms with E-state index in [1.807, 2.05) is 0 Å². The molecule has 1 amide bonds. The number of aliphatic carboxylic acids is 1. The second-order valence-corrected chi connectivity index (χ2v) is 6.57. The molecular weight excluding hydrogens is 324 g/mol. The Morgan fingerprint density at radius 2 is 2.00 bits per heavy atom. The van der Waals surface area contributed by atoms with E-state index < -0.39 is 29.5 Å². The highest BCUT2D eigenvalue weighted by molar-refractivity contribution is 5.87. The van der Waals surface area contributed by atoms with Gasteiger partial charge in [0.1, 0.15) is 17.6 Å². The number of rotatable bonds is 4. The van der Waals surface area contributed by atoms with Gasteiger partial charge in [0.05, 0.1) is 5.39 Å². The number of carboxylic acid groups (broad SMARTS) is 1. The molecule has 8 nitrogen and oxygen atoms in total. The van der Waals surface area contributed by atoms with Crippen LogP contribution in [0.4, 0.5) is 0 Å². The molecule has 1 fully saturated rings. The molecule has 0 unspecified atom stereocenters. The average Bonchev–Trinajstić information content (AvgIpc) is 3.07. The number of carboxylic acids is 1. The minimum Gasteiger partial charge on any atom is -0.480 e. The summed E-state index contributed by atoms with van der Waals surface area (Å²) in [5.41, 5.74) is 0.0620. The van der Waals surface area contributed by atoms with E-state index in [9.17, 15) is 19.5 Å². The second-order valence-electron chi connectivity index (χ2n) is 6.57. The van der Waals surface area contributed by atoms with E-state index in [4.69, 9.17) is 0 Å². The fraction of sp³-hybridized carbons (Fsp3) is 0.471. The zero-order valence-electron chi connectivity index (χ0n) is 14.1. The van der Waals surface area contributed by atoms with Crippen molar-refractivity contribution in [1.29, 1.82) is 0 Å². The van der Waals surface area contributed by atoms with Crippen LogP contribution < -0.4 is 5.56 Å². The summed E-state index contributed by atoms with van der Waals surface area (Å²) in [4.78, 5) is 38.5. The maximum Gasteiger partial charge on any atom is 0.326 e. The molecule has 1 aromatic carbocycles. The maximum atomic E-state index is 13.0. The first-order valence-electron chi connectivity index (χ1n) is 8.29. The molecule has 2 atom stereocenters. The lowest BCUT2D eigenvalue weighted by Gasteiger charge is -2.28. The first-order chi connectivity index (χ1) is 11.9. The number of benzene rings is 1. The molecule has 1 N–H and O–H groups in total. The van der Waals surface area contributed by atoms with Crippen molar-refractivity contribution in [3.05, 3.63) is 34.6 Å². The van der Waals surface area contributed by atoms with Crippen molar-refractivity contribution in [3.8, 4) is 0 Å². The SMILES string of the molecule is CC(C)[C@@H](C(=O)N1CCC[C@@H]1C(=O)O)n1nnc2ccccc2c1=O. The highest BCUT2D eigenvalue weighted by Crippen LogP contribution is 2.25. The predicted octanol–water partition coefficient (Wildman–Crippen LogP) is 1.06. The maximum absolute atomic E-state index is 13.0. The number of amides is 1. The van der Waals surface area contributed by atoms with Crippen LogP contribution in [0.1, 0.15) is 32.7 Å². The molecule has 0 spiro atoms. The van der Waals surface area contributed by atoms with Crippen LogP contribution in [0.2, 0.25) is 0 Å². The van der Waals surface area contributed by atoms with E-state index in [1.54, 1.807) is 38.1 Å². The van der Waals surface area contributed by atoms with Crippen molar-refractivity contribution in [1.82, 2.24) is 19.9 Å². The lowest BCUT2D eigenvalue weighted by molar-refractivity contribution is -0.150. The predicted molar refractivity (Wildman–Crippen MR) is 90.0 cm³/mol. The number of aromatic nitrogens is 3. The Morgan fingerprint density at radius 3 is 2.68 bits per heavy atom. The quantitative estimate of drug-likeness (QED) is 0.889. The summed E-state index contributed by atoms with van der Waals surface area (Å²) in [5, 5.41) is 17.7. The zero-order chi connectivity index (χ0) is 18.1. The van der Waals surface area contributed by atoms with Gasteiger partial charge in [-0.05, 0) is 30.9 Å². The van der Waals surface area contributed by atoms with Crippen LogP contribution in [0.15, 0.2) is 29.1 Å². The highest BCUT2D eigenvalue weighted by atomic mass is 16.4. The minimum atomic E-state index is -1.02. The Hall–Kier alpha value is -2.77. The third-order valence-corrected chi connectivity index (χ3v) is 4.56. The summed E-state index contributed by atoms with van der Waals surface area (Å²) in [6.07, 6.45) is 1.05. The lowest BCUT2D eigenvalue weighted by atomic mass is 10.0. The fourth-order valence-electron chi connectivity index (χ4n) is 3.31. The number of carbonyl (C=O) groups is 2. The molecular formula is C17H20N4O4. The van der Waals surface area contributed by atoms with Gasteiger partial charge in [-0.25, -0.2) is 4.79 Å². The van der Waals surface area contributed by atoms with E-state index in [0.29, 0.717) is 30.3 Å². The van der Waals surface area contributed by atoms with Crippen LogP contribution in [0, 0.1) is 5.92 Å². The van der Waals surface area contributed by atoms with E-state index in [2.05, 4.69) is 10.3 Å². The average molecular weight is 344 g/mol. The Balaban J connectivity index is 2.05. The molecule has 8 heteroatoms. The first kappa shape index (κ1) is 17.1. The number of fused-ring (bicyclic) bond motifs is 1. The summed E-state index contributed by atoms with van der Waals surface area (Å²) in [5.74, 6) is -1.66. The van der Waals surface area contributed by atoms with Crippen LogP contribution in [0.3, 0.4) is 0 Å². The van der Waals surface area contributed by atoms with Gasteiger partial charge in [0, 0.05) is 6.54 Å².